The van der Waals surface area contributed by atoms with E-state index in [1.165, 1.54) is 12.1 Å². The fourth-order valence-electron chi connectivity index (χ4n) is 5.12. The van der Waals surface area contributed by atoms with Crippen LogP contribution in [-0.2, 0) is 4.79 Å². The zero-order valence-electron chi connectivity index (χ0n) is 25.1. The quantitative estimate of drug-likeness (QED) is 0.153. The van der Waals surface area contributed by atoms with Crippen molar-refractivity contribution in [3.63, 3.8) is 0 Å². The first-order valence-electron chi connectivity index (χ1n) is 14.5. The molecule has 5 aromatic rings. The molecule has 0 atom stereocenters. The molecule has 0 bridgehead atoms. The lowest BCUT2D eigenvalue weighted by Gasteiger charge is -2.18. The fourth-order valence-corrected chi connectivity index (χ4v) is 5.48. The Labute approximate surface area is 276 Å². The molecule has 8 heteroatoms. The van der Waals surface area contributed by atoms with Gasteiger partial charge in [-0.15, -0.1) is 0 Å². The number of carboxylic acids is 1. The Morgan fingerprint density at radius 2 is 1.17 bits per heavy atom. The third-order valence-electron chi connectivity index (χ3n) is 7.54. The van der Waals surface area contributed by atoms with Gasteiger partial charge in [-0.3, -0.25) is 0 Å². The van der Waals surface area contributed by atoms with Crippen molar-refractivity contribution in [2.75, 3.05) is 13.2 Å². The maximum atomic E-state index is 13.8. The van der Waals surface area contributed by atoms with Crippen LogP contribution < -0.4 is 9.47 Å². The van der Waals surface area contributed by atoms with Gasteiger partial charge in [-0.2, -0.15) is 0 Å². The molecular weight excluding hydrogens is 629 g/mol. The Bertz CT molecular complexity index is 1810. The summed E-state index contributed by atoms with van der Waals surface area (Å²) in [6.45, 7) is 3.77. The highest BCUT2D eigenvalue weighted by molar-refractivity contribution is 6.31. The van der Waals surface area contributed by atoms with Gasteiger partial charge in [-0.25, -0.2) is 13.6 Å². The molecule has 0 spiro atoms. The average molecular weight is 660 g/mol. The summed E-state index contributed by atoms with van der Waals surface area (Å²) in [5, 5.41) is 9.05. The van der Waals surface area contributed by atoms with E-state index >= 15 is 0 Å². The van der Waals surface area contributed by atoms with Gasteiger partial charge in [0, 0.05) is 0 Å². The van der Waals surface area contributed by atoms with Gasteiger partial charge in [0.15, 0.2) is 6.61 Å². The number of carbonyl (C=O) groups is 1. The molecule has 234 valence electrons. The number of carboxylic acid groups (broad SMARTS) is 1. The highest BCUT2D eigenvalue weighted by Crippen LogP contribution is 2.34. The molecule has 0 radical (unpaired) electrons. The van der Waals surface area contributed by atoms with Gasteiger partial charge < -0.3 is 14.6 Å². The van der Waals surface area contributed by atoms with Crippen molar-refractivity contribution in [1.82, 2.24) is 0 Å². The number of rotatable bonds is 11. The number of benzene rings is 5. The first-order valence-corrected chi connectivity index (χ1v) is 15.3. The number of aryl methyl sites for hydroxylation is 1. The van der Waals surface area contributed by atoms with E-state index in [-0.39, 0.29) is 10.0 Å². The fraction of sp³-hybridized carbons (Fsp3) is 0.132. The number of halogens is 4. The molecule has 0 fully saturated rings. The molecule has 0 aliphatic carbocycles. The van der Waals surface area contributed by atoms with E-state index in [0.717, 1.165) is 50.1 Å². The van der Waals surface area contributed by atoms with Crippen LogP contribution in [0, 0.1) is 18.6 Å². The molecule has 0 heterocycles. The first-order chi connectivity index (χ1) is 22.1. The predicted octanol–water partition coefficient (Wildman–Crippen LogP) is 10.7. The molecule has 0 amide bonds. The van der Waals surface area contributed by atoms with Crippen molar-refractivity contribution in [3.05, 3.63) is 147 Å². The van der Waals surface area contributed by atoms with Gasteiger partial charge in [0.05, 0.1) is 10.0 Å². The average Bonchev–Trinajstić information content (AvgIpc) is 3.05. The van der Waals surface area contributed by atoms with Crippen molar-refractivity contribution in [3.8, 4) is 33.8 Å². The van der Waals surface area contributed by atoms with E-state index in [2.05, 4.69) is 6.92 Å². The Morgan fingerprint density at radius 1 is 0.674 bits per heavy atom. The number of hydrogen-bond acceptors (Lipinski definition) is 3. The monoisotopic (exact) mass is 658 g/mol. The summed E-state index contributed by atoms with van der Waals surface area (Å²) in [6.07, 6.45) is 0.693. The summed E-state index contributed by atoms with van der Waals surface area (Å²) in [5.74, 6) is -0.883. The largest absolute Gasteiger partial charge is 0.489 e. The molecular formula is C38H30Cl2F2O4. The van der Waals surface area contributed by atoms with Crippen LogP contribution >= 0.6 is 23.2 Å². The molecule has 0 aromatic heterocycles. The van der Waals surface area contributed by atoms with Gasteiger partial charge in [0.25, 0.3) is 0 Å². The van der Waals surface area contributed by atoms with Gasteiger partial charge in [-0.1, -0.05) is 90.8 Å². The summed E-state index contributed by atoms with van der Waals surface area (Å²) in [6, 6.07) is 30.5. The molecule has 1 N–H and O–H groups in total. The van der Waals surface area contributed by atoms with E-state index in [4.69, 9.17) is 37.8 Å². The molecule has 4 nitrogen and oxygen atoms in total. The predicted molar refractivity (Wildman–Crippen MR) is 180 cm³/mol. The molecule has 0 aliphatic rings. The Hall–Kier alpha value is -4.65. The van der Waals surface area contributed by atoms with Crippen molar-refractivity contribution < 1.29 is 28.2 Å². The minimum atomic E-state index is -1.05. The summed E-state index contributed by atoms with van der Waals surface area (Å²) >= 11 is 12.1. The van der Waals surface area contributed by atoms with E-state index < -0.39 is 24.2 Å². The minimum absolute atomic E-state index is 0.0619. The first kappa shape index (κ1) is 32.7. The van der Waals surface area contributed by atoms with Crippen LogP contribution in [0.4, 0.5) is 8.78 Å². The van der Waals surface area contributed by atoms with Crippen LogP contribution in [-0.4, -0.2) is 24.3 Å². The Morgan fingerprint density at radius 3 is 1.61 bits per heavy atom. The highest BCUT2D eigenvalue weighted by Gasteiger charge is 2.15. The van der Waals surface area contributed by atoms with Crippen LogP contribution in [0.1, 0.15) is 30.0 Å². The molecule has 5 aromatic carbocycles. The lowest BCUT2D eigenvalue weighted by molar-refractivity contribution is -0.139. The van der Waals surface area contributed by atoms with Crippen molar-refractivity contribution >= 4 is 34.7 Å². The standard InChI is InChI=1S/C38H30Cl2F2O4/c1-3-24(21-45-31-14-17-36(23(2)18-31)46-22-37(43)44)38(27-8-4-25(5-9-27)29-12-15-34(41)32(39)19-29)28-10-6-26(7-11-28)30-13-16-35(42)33(40)20-30/h4-20H,3,21-22H2,1-2H3,(H,43,44). The third-order valence-corrected chi connectivity index (χ3v) is 8.12. The number of ether oxygens (including phenoxy) is 2. The lowest BCUT2D eigenvalue weighted by Crippen LogP contribution is -2.10. The van der Waals surface area contributed by atoms with Crippen LogP contribution in [0.3, 0.4) is 0 Å². The van der Waals surface area contributed by atoms with E-state index in [0.29, 0.717) is 24.5 Å². The topological polar surface area (TPSA) is 55.8 Å². The second-order valence-corrected chi connectivity index (χ2v) is 11.5. The van der Waals surface area contributed by atoms with Gasteiger partial charge in [0.1, 0.15) is 29.7 Å². The zero-order valence-corrected chi connectivity index (χ0v) is 26.6. The summed E-state index contributed by atoms with van der Waals surface area (Å²) in [4.78, 5) is 10.9. The van der Waals surface area contributed by atoms with Crippen LogP contribution in [0.2, 0.25) is 10.0 Å². The second kappa shape index (κ2) is 14.6. The molecule has 0 aliphatic heterocycles. The van der Waals surface area contributed by atoms with Crippen LogP contribution in [0.5, 0.6) is 11.5 Å². The minimum Gasteiger partial charge on any atom is -0.489 e. The van der Waals surface area contributed by atoms with Crippen molar-refractivity contribution in [2.45, 2.75) is 20.3 Å². The molecule has 46 heavy (non-hydrogen) atoms. The molecule has 0 saturated heterocycles. The van der Waals surface area contributed by atoms with Crippen LogP contribution in [0.25, 0.3) is 27.8 Å². The summed E-state index contributed by atoms with van der Waals surface area (Å²) in [7, 11) is 0. The smallest absolute Gasteiger partial charge is 0.341 e. The van der Waals surface area contributed by atoms with E-state index in [1.54, 1.807) is 36.4 Å². The molecule has 5 rings (SSSR count). The van der Waals surface area contributed by atoms with E-state index in [9.17, 15) is 13.6 Å². The Balaban J connectivity index is 1.50. The maximum Gasteiger partial charge on any atom is 0.341 e. The zero-order chi connectivity index (χ0) is 32.8. The third kappa shape index (κ3) is 7.76. The summed E-state index contributed by atoms with van der Waals surface area (Å²) in [5.41, 5.74) is 8.10. The second-order valence-electron chi connectivity index (χ2n) is 10.6. The van der Waals surface area contributed by atoms with Crippen molar-refractivity contribution in [1.29, 1.82) is 0 Å². The SMILES string of the molecule is CCC(COc1ccc(OCC(=O)O)c(C)c1)=C(c1ccc(-c2ccc(F)c(Cl)c2)cc1)c1ccc(-c2ccc(F)c(Cl)c2)cc1. The van der Waals surface area contributed by atoms with Gasteiger partial charge in [-0.05, 0) is 106 Å². The molecule has 0 unspecified atom stereocenters. The number of aliphatic carboxylic acids is 1. The van der Waals surface area contributed by atoms with Crippen molar-refractivity contribution in [2.24, 2.45) is 0 Å². The van der Waals surface area contributed by atoms with Gasteiger partial charge in [0.2, 0.25) is 0 Å². The number of hydrogen-bond donors (Lipinski definition) is 1. The highest BCUT2D eigenvalue weighted by atomic mass is 35.5. The Kier molecular flexibility index (Phi) is 10.4. The molecule has 0 saturated carbocycles. The van der Waals surface area contributed by atoms with E-state index in [1.807, 2.05) is 61.5 Å². The van der Waals surface area contributed by atoms with Crippen LogP contribution in [0.15, 0.2) is 109 Å². The normalized spacial score (nSPS) is 10.8. The summed E-state index contributed by atoms with van der Waals surface area (Å²) < 4.78 is 39.1. The lowest BCUT2D eigenvalue weighted by atomic mass is 9.90. The van der Waals surface area contributed by atoms with Gasteiger partial charge >= 0.3 is 5.97 Å². The maximum absolute atomic E-state index is 13.8.